The van der Waals surface area contributed by atoms with Crippen molar-refractivity contribution in [2.75, 3.05) is 14.2 Å². The normalized spacial score (nSPS) is 14.8. The molecule has 0 amide bonds. The van der Waals surface area contributed by atoms with Gasteiger partial charge in [0, 0.05) is 12.1 Å². The minimum atomic E-state index is 0.885. The van der Waals surface area contributed by atoms with Crippen molar-refractivity contribution in [2.24, 2.45) is 0 Å². The summed E-state index contributed by atoms with van der Waals surface area (Å²) in [6.07, 6.45) is 5.10. The lowest BCUT2D eigenvalue weighted by molar-refractivity contribution is 0.407. The fraction of sp³-hybridized carbons (Fsp3) is 0.538. The third-order valence-electron chi connectivity index (χ3n) is 3.11. The quantitative estimate of drug-likeness (QED) is 0.817. The summed E-state index contributed by atoms with van der Waals surface area (Å²) in [6.45, 7) is 0.885. The number of methoxy groups -OCH3 is 1. The average Bonchev–Trinajstić information content (AvgIpc) is 2.28. The number of benzene rings is 1. The second kappa shape index (κ2) is 4.67. The van der Waals surface area contributed by atoms with Gasteiger partial charge in [0.25, 0.3) is 0 Å². The van der Waals surface area contributed by atoms with Gasteiger partial charge in [-0.2, -0.15) is 0 Å². The highest BCUT2D eigenvalue weighted by molar-refractivity contribution is 5.43. The van der Waals surface area contributed by atoms with Gasteiger partial charge in [0.1, 0.15) is 5.75 Å². The Morgan fingerprint density at radius 3 is 2.47 bits per heavy atom. The molecular formula is C13H19NO. The van der Waals surface area contributed by atoms with E-state index in [1.54, 1.807) is 7.11 Å². The van der Waals surface area contributed by atoms with Crippen LogP contribution in [0.25, 0.3) is 0 Å². The molecule has 2 heteroatoms. The highest BCUT2D eigenvalue weighted by Crippen LogP contribution is 2.28. The zero-order valence-electron chi connectivity index (χ0n) is 9.60. The summed E-state index contributed by atoms with van der Waals surface area (Å²) < 4.78 is 5.42. The molecule has 0 saturated heterocycles. The first kappa shape index (κ1) is 10.5. The van der Waals surface area contributed by atoms with Gasteiger partial charge < -0.3 is 10.1 Å². The summed E-state index contributed by atoms with van der Waals surface area (Å²) in [5, 5.41) is 3.19. The van der Waals surface area contributed by atoms with Gasteiger partial charge in [-0.1, -0.05) is 6.07 Å². The van der Waals surface area contributed by atoms with Crippen LogP contribution in [0.4, 0.5) is 0 Å². The number of nitrogens with one attached hydrogen (secondary N) is 1. The molecule has 2 nitrogen and oxygen atoms in total. The Hall–Kier alpha value is -1.02. The van der Waals surface area contributed by atoms with Gasteiger partial charge in [-0.25, -0.2) is 0 Å². The third-order valence-corrected chi connectivity index (χ3v) is 3.11. The van der Waals surface area contributed by atoms with Crippen LogP contribution in [-0.2, 0) is 19.4 Å². The van der Waals surface area contributed by atoms with E-state index in [-0.39, 0.29) is 0 Å². The number of rotatable bonds is 3. The molecule has 1 aliphatic rings. The van der Waals surface area contributed by atoms with E-state index in [2.05, 4.69) is 17.4 Å². The van der Waals surface area contributed by atoms with Crippen molar-refractivity contribution < 1.29 is 4.74 Å². The Morgan fingerprint density at radius 1 is 1.20 bits per heavy atom. The van der Waals surface area contributed by atoms with Gasteiger partial charge in [0.15, 0.2) is 0 Å². The van der Waals surface area contributed by atoms with Crippen LogP contribution in [-0.4, -0.2) is 14.2 Å². The largest absolute Gasteiger partial charge is 0.496 e. The predicted octanol–water partition coefficient (Wildman–Crippen LogP) is 2.29. The lowest BCUT2D eigenvalue weighted by atomic mass is 9.90. The van der Waals surface area contributed by atoms with Crippen molar-refractivity contribution in [1.29, 1.82) is 0 Å². The molecule has 82 valence electrons. The van der Waals surface area contributed by atoms with Crippen LogP contribution in [0.1, 0.15) is 29.5 Å². The van der Waals surface area contributed by atoms with E-state index >= 15 is 0 Å². The van der Waals surface area contributed by atoms with Crippen LogP contribution in [0.3, 0.4) is 0 Å². The Bertz CT molecular complexity index is 347. The molecule has 1 aliphatic carbocycles. The van der Waals surface area contributed by atoms with Gasteiger partial charge in [0.05, 0.1) is 7.11 Å². The molecule has 1 N–H and O–H groups in total. The first-order valence-electron chi connectivity index (χ1n) is 5.68. The minimum Gasteiger partial charge on any atom is -0.496 e. The smallest absolute Gasteiger partial charge is 0.123 e. The van der Waals surface area contributed by atoms with E-state index in [1.807, 2.05) is 7.05 Å². The summed E-state index contributed by atoms with van der Waals surface area (Å²) in [5.74, 6) is 1.03. The van der Waals surface area contributed by atoms with Crippen LogP contribution >= 0.6 is 0 Å². The molecular weight excluding hydrogens is 186 g/mol. The van der Waals surface area contributed by atoms with Gasteiger partial charge in [0.2, 0.25) is 0 Å². The number of ether oxygens (including phenoxy) is 1. The second-order valence-corrected chi connectivity index (χ2v) is 4.17. The first-order valence-corrected chi connectivity index (χ1v) is 5.68. The van der Waals surface area contributed by atoms with Gasteiger partial charge >= 0.3 is 0 Å². The maximum atomic E-state index is 5.42. The fourth-order valence-electron chi connectivity index (χ4n) is 2.33. The highest BCUT2D eigenvalue weighted by atomic mass is 16.5. The van der Waals surface area contributed by atoms with Gasteiger partial charge in [-0.3, -0.25) is 0 Å². The molecule has 0 unspecified atom stereocenters. The number of hydrogen-bond donors (Lipinski definition) is 1. The molecule has 15 heavy (non-hydrogen) atoms. The third kappa shape index (κ3) is 2.15. The Balaban J connectivity index is 2.37. The Morgan fingerprint density at radius 2 is 1.87 bits per heavy atom. The zero-order valence-corrected chi connectivity index (χ0v) is 9.60. The van der Waals surface area contributed by atoms with E-state index in [0.717, 1.165) is 12.3 Å². The van der Waals surface area contributed by atoms with Crippen LogP contribution < -0.4 is 10.1 Å². The van der Waals surface area contributed by atoms with E-state index in [9.17, 15) is 0 Å². The zero-order chi connectivity index (χ0) is 10.7. The second-order valence-electron chi connectivity index (χ2n) is 4.17. The maximum absolute atomic E-state index is 5.42. The predicted molar refractivity (Wildman–Crippen MR) is 62.4 cm³/mol. The van der Waals surface area contributed by atoms with Crippen LogP contribution in [0.5, 0.6) is 5.75 Å². The molecule has 0 heterocycles. The highest BCUT2D eigenvalue weighted by Gasteiger charge is 2.13. The molecule has 0 saturated carbocycles. The SMILES string of the molecule is CNCc1cc2c(cc1OC)CCCC2. The van der Waals surface area contributed by atoms with Gasteiger partial charge in [-0.05, 0) is 49.9 Å². The molecule has 0 bridgehead atoms. The molecule has 2 rings (SSSR count). The van der Waals surface area contributed by atoms with Crippen LogP contribution in [0.15, 0.2) is 12.1 Å². The minimum absolute atomic E-state index is 0.885. The number of fused-ring (bicyclic) bond motifs is 1. The molecule has 0 atom stereocenters. The van der Waals surface area contributed by atoms with Crippen LogP contribution in [0.2, 0.25) is 0 Å². The lowest BCUT2D eigenvalue weighted by Crippen LogP contribution is -2.10. The Labute approximate surface area is 91.6 Å². The van der Waals surface area contributed by atoms with Crippen molar-refractivity contribution in [2.45, 2.75) is 32.2 Å². The van der Waals surface area contributed by atoms with Crippen molar-refractivity contribution in [3.63, 3.8) is 0 Å². The van der Waals surface area contributed by atoms with Crippen molar-refractivity contribution in [3.05, 3.63) is 28.8 Å². The molecule has 0 aromatic heterocycles. The van der Waals surface area contributed by atoms with E-state index in [1.165, 1.54) is 42.4 Å². The molecule has 1 aromatic rings. The van der Waals surface area contributed by atoms with Crippen molar-refractivity contribution in [1.82, 2.24) is 5.32 Å². The fourth-order valence-corrected chi connectivity index (χ4v) is 2.33. The molecule has 0 fully saturated rings. The summed E-state index contributed by atoms with van der Waals surface area (Å²) in [4.78, 5) is 0. The number of aryl methyl sites for hydroxylation is 2. The molecule has 0 radical (unpaired) electrons. The topological polar surface area (TPSA) is 21.3 Å². The first-order chi connectivity index (χ1) is 7.35. The van der Waals surface area contributed by atoms with E-state index in [0.29, 0.717) is 0 Å². The Kier molecular flexibility index (Phi) is 3.27. The summed E-state index contributed by atoms with van der Waals surface area (Å²) in [5.41, 5.74) is 4.28. The lowest BCUT2D eigenvalue weighted by Gasteiger charge is -2.19. The van der Waals surface area contributed by atoms with E-state index in [4.69, 9.17) is 4.74 Å². The maximum Gasteiger partial charge on any atom is 0.123 e. The van der Waals surface area contributed by atoms with E-state index < -0.39 is 0 Å². The molecule has 0 spiro atoms. The number of hydrogen-bond acceptors (Lipinski definition) is 2. The van der Waals surface area contributed by atoms with Gasteiger partial charge in [-0.15, -0.1) is 0 Å². The molecule has 0 aliphatic heterocycles. The van der Waals surface area contributed by atoms with Crippen molar-refractivity contribution in [3.8, 4) is 5.75 Å². The molecule has 1 aromatic carbocycles. The summed E-state index contributed by atoms with van der Waals surface area (Å²) >= 11 is 0. The van der Waals surface area contributed by atoms with Crippen molar-refractivity contribution >= 4 is 0 Å². The summed E-state index contributed by atoms with van der Waals surface area (Å²) in [6, 6.07) is 4.53. The van der Waals surface area contributed by atoms with Crippen LogP contribution in [0, 0.1) is 0 Å². The monoisotopic (exact) mass is 205 g/mol. The average molecular weight is 205 g/mol. The summed E-state index contributed by atoms with van der Waals surface area (Å²) in [7, 11) is 3.72. The standard InChI is InChI=1S/C13H19NO/c1-14-9-12-7-10-5-3-4-6-11(10)8-13(12)15-2/h7-8,14H,3-6,9H2,1-2H3.